The van der Waals surface area contributed by atoms with Gasteiger partial charge in [-0.05, 0) is 54.3 Å². The standard InChI is InChI=1S/C22H19ClFN3O2/c23-16-6-7-20-19(11-16)15(13-26-20)4-2-8-25-22(28)21-12-18(29-27-21)10-14-3-1-5-17(24)9-14/h1,3,5-7,9,11-13,26H,2,4,8,10H2,(H,25,28). The summed E-state index contributed by atoms with van der Waals surface area (Å²) in [6, 6.07) is 13.6. The number of halogens is 2. The lowest BCUT2D eigenvalue weighted by atomic mass is 10.1. The lowest BCUT2D eigenvalue weighted by Gasteiger charge is -2.03. The molecule has 2 aromatic heterocycles. The van der Waals surface area contributed by atoms with Gasteiger partial charge >= 0.3 is 0 Å². The molecule has 0 aliphatic heterocycles. The average molecular weight is 412 g/mol. The number of fused-ring (bicyclic) bond motifs is 1. The molecule has 2 aromatic carbocycles. The predicted octanol–water partition coefficient (Wildman–Crippen LogP) is 4.90. The molecular weight excluding hydrogens is 393 g/mol. The lowest BCUT2D eigenvalue weighted by Crippen LogP contribution is -2.25. The third kappa shape index (κ3) is 4.66. The number of aryl methyl sites for hydroxylation is 1. The van der Waals surface area contributed by atoms with Crippen molar-refractivity contribution in [2.75, 3.05) is 6.54 Å². The number of amides is 1. The highest BCUT2D eigenvalue weighted by molar-refractivity contribution is 6.31. The maximum absolute atomic E-state index is 13.3. The zero-order chi connectivity index (χ0) is 20.2. The number of H-pyrrole nitrogens is 1. The molecular formula is C22H19ClFN3O2. The quantitative estimate of drug-likeness (QED) is 0.425. The molecule has 0 bridgehead atoms. The van der Waals surface area contributed by atoms with Crippen LogP contribution in [-0.4, -0.2) is 22.6 Å². The van der Waals surface area contributed by atoms with E-state index in [9.17, 15) is 9.18 Å². The molecule has 4 rings (SSSR count). The second-order valence-corrected chi connectivity index (χ2v) is 7.28. The molecule has 0 saturated carbocycles. The Morgan fingerprint density at radius 3 is 2.97 bits per heavy atom. The smallest absolute Gasteiger partial charge is 0.273 e. The summed E-state index contributed by atoms with van der Waals surface area (Å²) >= 11 is 6.07. The molecule has 0 radical (unpaired) electrons. The Morgan fingerprint density at radius 2 is 2.10 bits per heavy atom. The van der Waals surface area contributed by atoms with E-state index < -0.39 is 0 Å². The summed E-state index contributed by atoms with van der Waals surface area (Å²) in [7, 11) is 0. The first-order valence-corrected chi connectivity index (χ1v) is 9.70. The fraction of sp³-hybridized carbons (Fsp3) is 0.182. The van der Waals surface area contributed by atoms with Crippen LogP contribution in [0.3, 0.4) is 0 Å². The van der Waals surface area contributed by atoms with E-state index in [1.165, 1.54) is 12.1 Å². The van der Waals surface area contributed by atoms with Gasteiger partial charge in [0.25, 0.3) is 5.91 Å². The van der Waals surface area contributed by atoms with E-state index in [0.717, 1.165) is 34.9 Å². The normalized spacial score (nSPS) is 11.1. The molecule has 5 nitrogen and oxygen atoms in total. The Balaban J connectivity index is 1.28. The van der Waals surface area contributed by atoms with Crippen molar-refractivity contribution in [3.8, 4) is 0 Å². The summed E-state index contributed by atoms with van der Waals surface area (Å²) in [6.45, 7) is 0.512. The summed E-state index contributed by atoms with van der Waals surface area (Å²) in [5.74, 6) is -0.0879. The highest BCUT2D eigenvalue weighted by atomic mass is 35.5. The zero-order valence-electron chi connectivity index (χ0n) is 15.5. The molecule has 0 unspecified atom stereocenters. The molecule has 0 fully saturated rings. The zero-order valence-corrected chi connectivity index (χ0v) is 16.3. The average Bonchev–Trinajstić information content (AvgIpc) is 3.32. The van der Waals surface area contributed by atoms with Gasteiger partial charge in [-0.25, -0.2) is 4.39 Å². The van der Waals surface area contributed by atoms with Gasteiger partial charge in [0.2, 0.25) is 0 Å². The Hall–Kier alpha value is -3.12. The number of nitrogens with zero attached hydrogens (tertiary/aromatic N) is 1. The van der Waals surface area contributed by atoms with E-state index in [1.807, 2.05) is 24.4 Å². The number of nitrogens with one attached hydrogen (secondary N) is 2. The van der Waals surface area contributed by atoms with Crippen LogP contribution in [0, 0.1) is 5.82 Å². The van der Waals surface area contributed by atoms with Gasteiger partial charge in [0, 0.05) is 41.2 Å². The fourth-order valence-electron chi connectivity index (χ4n) is 3.28. The van der Waals surface area contributed by atoms with Crippen molar-refractivity contribution >= 4 is 28.4 Å². The van der Waals surface area contributed by atoms with E-state index in [2.05, 4.69) is 15.5 Å². The largest absolute Gasteiger partial charge is 0.361 e. The molecule has 7 heteroatoms. The van der Waals surface area contributed by atoms with Crippen LogP contribution in [0.15, 0.2) is 59.3 Å². The first kappa shape index (κ1) is 19.2. The molecule has 1 amide bonds. The van der Waals surface area contributed by atoms with Crippen molar-refractivity contribution in [1.29, 1.82) is 0 Å². The van der Waals surface area contributed by atoms with Crippen molar-refractivity contribution in [2.24, 2.45) is 0 Å². The van der Waals surface area contributed by atoms with E-state index in [0.29, 0.717) is 23.7 Å². The number of aromatic nitrogens is 2. The van der Waals surface area contributed by atoms with E-state index >= 15 is 0 Å². The maximum atomic E-state index is 13.3. The summed E-state index contributed by atoms with van der Waals surface area (Å²) < 4.78 is 18.5. The number of carbonyl (C=O) groups is 1. The molecule has 0 aliphatic carbocycles. The van der Waals surface area contributed by atoms with Crippen molar-refractivity contribution in [1.82, 2.24) is 15.5 Å². The number of aromatic amines is 1. The fourth-order valence-corrected chi connectivity index (χ4v) is 3.45. The van der Waals surface area contributed by atoms with Crippen LogP contribution in [0.5, 0.6) is 0 Å². The minimum absolute atomic E-state index is 0.218. The van der Waals surface area contributed by atoms with Gasteiger partial charge in [0.1, 0.15) is 11.6 Å². The van der Waals surface area contributed by atoms with Crippen LogP contribution in [0.4, 0.5) is 4.39 Å². The third-order valence-corrected chi connectivity index (χ3v) is 4.93. The van der Waals surface area contributed by atoms with Gasteiger partial charge in [-0.1, -0.05) is 28.9 Å². The van der Waals surface area contributed by atoms with E-state index in [1.54, 1.807) is 18.2 Å². The summed E-state index contributed by atoms with van der Waals surface area (Å²) in [6.07, 6.45) is 3.93. The molecule has 4 aromatic rings. The van der Waals surface area contributed by atoms with E-state index in [4.69, 9.17) is 16.1 Å². The van der Waals surface area contributed by atoms with Crippen molar-refractivity contribution < 1.29 is 13.7 Å². The molecule has 0 saturated heterocycles. The number of hydrogen-bond donors (Lipinski definition) is 2. The SMILES string of the molecule is O=C(NCCCc1c[nH]c2ccc(Cl)cc12)c1cc(Cc2cccc(F)c2)on1. The van der Waals surface area contributed by atoms with Gasteiger partial charge < -0.3 is 14.8 Å². The summed E-state index contributed by atoms with van der Waals surface area (Å²) in [5, 5.41) is 8.46. The highest BCUT2D eigenvalue weighted by Crippen LogP contribution is 2.23. The number of hydrogen-bond acceptors (Lipinski definition) is 3. The Morgan fingerprint density at radius 1 is 1.21 bits per heavy atom. The third-order valence-electron chi connectivity index (χ3n) is 4.70. The molecule has 0 atom stereocenters. The first-order chi connectivity index (χ1) is 14.1. The Labute approximate surface area is 171 Å². The minimum atomic E-state index is -0.308. The maximum Gasteiger partial charge on any atom is 0.273 e. The summed E-state index contributed by atoms with van der Waals surface area (Å²) in [5.41, 5.74) is 3.18. The van der Waals surface area contributed by atoms with Gasteiger partial charge in [-0.15, -0.1) is 0 Å². The van der Waals surface area contributed by atoms with Gasteiger partial charge in [0.05, 0.1) is 0 Å². The van der Waals surface area contributed by atoms with Crippen molar-refractivity contribution in [3.05, 3.63) is 88.1 Å². The molecule has 2 heterocycles. The molecule has 29 heavy (non-hydrogen) atoms. The highest BCUT2D eigenvalue weighted by Gasteiger charge is 2.13. The van der Waals surface area contributed by atoms with E-state index in [-0.39, 0.29) is 17.4 Å². The molecule has 148 valence electrons. The number of carbonyl (C=O) groups excluding carboxylic acids is 1. The van der Waals surface area contributed by atoms with Crippen molar-refractivity contribution in [3.63, 3.8) is 0 Å². The Kier molecular flexibility index (Phi) is 5.62. The lowest BCUT2D eigenvalue weighted by molar-refractivity contribution is 0.0944. The second kappa shape index (κ2) is 8.49. The van der Waals surface area contributed by atoms with Crippen LogP contribution in [0.1, 0.15) is 33.8 Å². The van der Waals surface area contributed by atoms with Crippen LogP contribution in [0.2, 0.25) is 5.02 Å². The number of rotatable bonds is 7. The topological polar surface area (TPSA) is 70.9 Å². The van der Waals surface area contributed by atoms with Crippen LogP contribution < -0.4 is 5.32 Å². The number of benzene rings is 2. The second-order valence-electron chi connectivity index (χ2n) is 6.85. The molecule has 0 aliphatic rings. The summed E-state index contributed by atoms with van der Waals surface area (Å²) in [4.78, 5) is 15.5. The monoisotopic (exact) mass is 411 g/mol. The van der Waals surface area contributed by atoms with Gasteiger partial charge in [0.15, 0.2) is 5.69 Å². The molecule has 2 N–H and O–H groups in total. The Bertz CT molecular complexity index is 1150. The van der Waals surface area contributed by atoms with Crippen LogP contribution in [0.25, 0.3) is 10.9 Å². The van der Waals surface area contributed by atoms with Gasteiger partial charge in [-0.2, -0.15) is 0 Å². The van der Waals surface area contributed by atoms with Crippen LogP contribution in [-0.2, 0) is 12.8 Å². The predicted molar refractivity (Wildman–Crippen MR) is 110 cm³/mol. The molecule has 0 spiro atoms. The van der Waals surface area contributed by atoms with Gasteiger partial charge in [-0.3, -0.25) is 4.79 Å². The van der Waals surface area contributed by atoms with Crippen LogP contribution >= 0.6 is 11.6 Å². The first-order valence-electron chi connectivity index (χ1n) is 9.32. The minimum Gasteiger partial charge on any atom is -0.361 e. The van der Waals surface area contributed by atoms with Crippen molar-refractivity contribution in [2.45, 2.75) is 19.3 Å².